The predicted octanol–water partition coefficient (Wildman–Crippen LogP) is 6.64. The number of carbonyl (C=O) groups is 1. The number of amides is 1. The van der Waals surface area contributed by atoms with E-state index in [1.807, 2.05) is 12.1 Å². The normalized spacial score (nSPS) is 22.6. The van der Waals surface area contributed by atoms with Crippen molar-refractivity contribution in [2.24, 2.45) is 0 Å². The summed E-state index contributed by atoms with van der Waals surface area (Å²) in [5.41, 5.74) is 0.834. The average molecular weight is 481 g/mol. The molecule has 2 atom stereocenters. The molecule has 4 rings (SSSR count). The fourth-order valence-corrected chi connectivity index (χ4v) is 6.38. The van der Waals surface area contributed by atoms with Gasteiger partial charge in [-0.05, 0) is 64.2 Å². The third kappa shape index (κ3) is 5.07. The van der Waals surface area contributed by atoms with Gasteiger partial charge in [0, 0.05) is 28.7 Å². The van der Waals surface area contributed by atoms with E-state index in [1.54, 1.807) is 6.07 Å². The third-order valence-corrected chi connectivity index (χ3v) is 8.06. The smallest absolute Gasteiger partial charge is 0.233 e. The van der Waals surface area contributed by atoms with E-state index in [1.165, 1.54) is 37.4 Å². The number of benzene rings is 1. The highest BCUT2D eigenvalue weighted by Gasteiger charge is 2.30. The molecule has 31 heavy (non-hydrogen) atoms. The Morgan fingerprint density at radius 3 is 2.42 bits per heavy atom. The number of piperidine rings is 1. The predicted molar refractivity (Wildman–Crippen MR) is 128 cm³/mol. The van der Waals surface area contributed by atoms with Crippen molar-refractivity contribution < 1.29 is 4.79 Å². The van der Waals surface area contributed by atoms with Gasteiger partial charge in [-0.1, -0.05) is 54.2 Å². The number of rotatable bonds is 5. The molecule has 1 aliphatic heterocycles. The Labute approximate surface area is 198 Å². The van der Waals surface area contributed by atoms with Gasteiger partial charge in [0.1, 0.15) is 0 Å². The molecule has 1 amide bonds. The van der Waals surface area contributed by atoms with Crippen LogP contribution in [-0.4, -0.2) is 43.4 Å². The summed E-state index contributed by atoms with van der Waals surface area (Å²) in [6.07, 6.45) is 9.21. The van der Waals surface area contributed by atoms with Crippen molar-refractivity contribution in [1.82, 2.24) is 19.7 Å². The maximum absolute atomic E-state index is 13.1. The van der Waals surface area contributed by atoms with E-state index >= 15 is 0 Å². The van der Waals surface area contributed by atoms with Crippen molar-refractivity contribution in [1.29, 1.82) is 0 Å². The van der Waals surface area contributed by atoms with E-state index in [0.717, 1.165) is 42.2 Å². The molecule has 2 unspecified atom stereocenters. The Kier molecular flexibility index (Phi) is 7.50. The van der Waals surface area contributed by atoms with Gasteiger partial charge in [0.05, 0.1) is 10.8 Å². The summed E-state index contributed by atoms with van der Waals surface area (Å²) < 4.78 is 2.22. The van der Waals surface area contributed by atoms with Crippen molar-refractivity contribution in [3.63, 3.8) is 0 Å². The van der Waals surface area contributed by atoms with Crippen LogP contribution in [0.3, 0.4) is 0 Å². The Morgan fingerprint density at radius 1 is 1.03 bits per heavy atom. The minimum absolute atomic E-state index is 0.189. The van der Waals surface area contributed by atoms with Crippen LogP contribution in [0, 0.1) is 0 Å². The first-order valence-corrected chi connectivity index (χ1v) is 13.0. The van der Waals surface area contributed by atoms with Crippen molar-refractivity contribution in [2.45, 2.75) is 88.5 Å². The lowest BCUT2D eigenvalue weighted by molar-refractivity contribution is -0.134. The fourth-order valence-electron chi connectivity index (χ4n) is 5.01. The highest BCUT2D eigenvalue weighted by molar-refractivity contribution is 7.99. The molecule has 8 heteroatoms. The number of aromatic nitrogens is 3. The van der Waals surface area contributed by atoms with Gasteiger partial charge in [0.25, 0.3) is 0 Å². The van der Waals surface area contributed by atoms with Crippen LogP contribution in [0.2, 0.25) is 10.0 Å². The standard InChI is InChI=1S/C23H30Cl2N4OS/c1-15-7-6-8-16(2)28(15)21(30)14-31-23-27-26-22(19-12-11-17(24)13-20(19)25)29(23)18-9-4-3-5-10-18/h11-13,15-16,18H,3-10,14H2,1-2H3. The largest absolute Gasteiger partial charge is 0.337 e. The van der Waals surface area contributed by atoms with Crippen LogP contribution < -0.4 is 0 Å². The molecule has 2 aliphatic rings. The second-order valence-electron chi connectivity index (χ2n) is 8.81. The summed E-state index contributed by atoms with van der Waals surface area (Å²) in [6.45, 7) is 4.31. The summed E-state index contributed by atoms with van der Waals surface area (Å²) in [5.74, 6) is 1.34. The summed E-state index contributed by atoms with van der Waals surface area (Å²) in [5, 5.41) is 11.0. The SMILES string of the molecule is CC1CCCC(C)N1C(=O)CSc1nnc(-c2ccc(Cl)cc2Cl)n1C1CCCCC1. The van der Waals surface area contributed by atoms with E-state index in [-0.39, 0.29) is 5.91 Å². The Balaban J connectivity index is 1.60. The van der Waals surface area contributed by atoms with Gasteiger partial charge in [-0.15, -0.1) is 10.2 Å². The van der Waals surface area contributed by atoms with Crippen molar-refractivity contribution in [3.8, 4) is 11.4 Å². The zero-order chi connectivity index (χ0) is 22.0. The molecule has 0 N–H and O–H groups in total. The van der Waals surface area contributed by atoms with E-state index in [9.17, 15) is 4.79 Å². The summed E-state index contributed by atoms with van der Waals surface area (Å²) in [7, 11) is 0. The molecular formula is C23H30Cl2N4OS. The first-order chi connectivity index (χ1) is 15.0. The molecule has 2 heterocycles. The molecule has 1 aromatic heterocycles. The molecule has 5 nitrogen and oxygen atoms in total. The maximum atomic E-state index is 13.1. The fraction of sp³-hybridized carbons (Fsp3) is 0.609. The van der Waals surface area contributed by atoms with Crippen molar-refractivity contribution in [2.75, 3.05) is 5.75 Å². The highest BCUT2D eigenvalue weighted by Crippen LogP contribution is 2.38. The Morgan fingerprint density at radius 2 is 1.74 bits per heavy atom. The molecule has 0 radical (unpaired) electrons. The van der Waals surface area contributed by atoms with Gasteiger partial charge in [0.15, 0.2) is 11.0 Å². The Bertz CT molecular complexity index is 918. The second kappa shape index (κ2) is 10.1. The number of hydrogen-bond acceptors (Lipinski definition) is 4. The van der Waals surface area contributed by atoms with Crippen LogP contribution >= 0.6 is 35.0 Å². The zero-order valence-corrected chi connectivity index (χ0v) is 20.5. The first-order valence-electron chi connectivity index (χ1n) is 11.3. The summed E-state index contributed by atoms with van der Waals surface area (Å²) >= 11 is 14.1. The molecule has 2 aromatic rings. The Hall–Kier alpha value is -1.24. The lowest BCUT2D eigenvalue weighted by Gasteiger charge is -2.39. The second-order valence-corrected chi connectivity index (χ2v) is 10.6. The van der Waals surface area contributed by atoms with Crippen molar-refractivity contribution in [3.05, 3.63) is 28.2 Å². The van der Waals surface area contributed by atoms with Gasteiger partial charge in [-0.25, -0.2) is 0 Å². The van der Waals surface area contributed by atoms with Gasteiger partial charge >= 0.3 is 0 Å². The van der Waals surface area contributed by atoms with Crippen LogP contribution in [0.15, 0.2) is 23.4 Å². The van der Waals surface area contributed by atoms with Gasteiger partial charge < -0.3 is 4.90 Å². The molecule has 2 fully saturated rings. The number of thioether (sulfide) groups is 1. The number of likely N-dealkylation sites (tertiary alicyclic amines) is 1. The first kappa shape index (κ1) is 22.9. The van der Waals surface area contributed by atoms with Crippen molar-refractivity contribution >= 4 is 40.9 Å². The zero-order valence-electron chi connectivity index (χ0n) is 18.2. The molecule has 1 aliphatic carbocycles. The highest BCUT2D eigenvalue weighted by atomic mass is 35.5. The number of carbonyl (C=O) groups excluding carboxylic acids is 1. The minimum atomic E-state index is 0.189. The van der Waals surface area contributed by atoms with Crippen LogP contribution in [-0.2, 0) is 4.79 Å². The molecule has 1 aromatic carbocycles. The van der Waals surface area contributed by atoms with E-state index in [2.05, 4.69) is 33.5 Å². The summed E-state index contributed by atoms with van der Waals surface area (Å²) in [6, 6.07) is 6.42. The topological polar surface area (TPSA) is 51.0 Å². The third-order valence-electron chi connectivity index (χ3n) is 6.58. The quantitative estimate of drug-likeness (QED) is 0.450. The molecule has 1 saturated carbocycles. The van der Waals surface area contributed by atoms with E-state index in [0.29, 0.717) is 33.9 Å². The number of nitrogens with zero attached hydrogens (tertiary/aromatic N) is 4. The number of halogens is 2. The summed E-state index contributed by atoms with van der Waals surface area (Å²) in [4.78, 5) is 15.1. The van der Waals surface area contributed by atoms with Crippen LogP contribution in [0.25, 0.3) is 11.4 Å². The van der Waals surface area contributed by atoms with Gasteiger partial charge in [-0.2, -0.15) is 0 Å². The van der Waals surface area contributed by atoms with Crippen LogP contribution in [0.4, 0.5) is 0 Å². The molecular weight excluding hydrogens is 451 g/mol. The lowest BCUT2D eigenvalue weighted by Crippen LogP contribution is -2.48. The molecule has 0 bridgehead atoms. The molecule has 1 saturated heterocycles. The minimum Gasteiger partial charge on any atom is -0.337 e. The molecule has 168 valence electrons. The average Bonchev–Trinajstić information content (AvgIpc) is 3.16. The van der Waals surface area contributed by atoms with E-state index < -0.39 is 0 Å². The van der Waals surface area contributed by atoms with Gasteiger partial charge in [-0.3, -0.25) is 9.36 Å². The van der Waals surface area contributed by atoms with Crippen LogP contribution in [0.5, 0.6) is 0 Å². The maximum Gasteiger partial charge on any atom is 0.233 e. The monoisotopic (exact) mass is 480 g/mol. The van der Waals surface area contributed by atoms with E-state index in [4.69, 9.17) is 23.2 Å². The number of hydrogen-bond donors (Lipinski definition) is 0. The molecule has 0 spiro atoms. The van der Waals surface area contributed by atoms with Gasteiger partial charge in [0.2, 0.25) is 5.91 Å². The van der Waals surface area contributed by atoms with Crippen LogP contribution in [0.1, 0.15) is 71.3 Å². The lowest BCUT2D eigenvalue weighted by atomic mass is 9.95.